The number of Topliss-reactive ketones (excluding diaryl/α,β-unsaturated/α-hetero) is 2. The lowest BCUT2D eigenvalue weighted by molar-refractivity contribution is -0.132. The van der Waals surface area contributed by atoms with Crippen LogP contribution < -0.4 is 4.90 Å². The number of hydrogen-bond acceptors (Lipinski definition) is 5. The van der Waals surface area contributed by atoms with Crippen molar-refractivity contribution in [1.29, 1.82) is 0 Å². The first-order valence-electron chi connectivity index (χ1n) is 6.25. The highest BCUT2D eigenvalue weighted by Gasteiger charge is 2.43. The molecule has 0 aliphatic carbocycles. The van der Waals surface area contributed by atoms with Gasteiger partial charge in [0.25, 0.3) is 11.7 Å². The SMILES string of the molecule is CC(=O)c1ccc(N2C(=O)C(=O)/C(=C\N(C)C)C2=O)cc1. The Bertz CT molecular complexity index is 671. The molecule has 0 spiro atoms. The Morgan fingerprint density at radius 2 is 1.62 bits per heavy atom. The summed E-state index contributed by atoms with van der Waals surface area (Å²) in [4.78, 5) is 49.6. The first-order valence-corrected chi connectivity index (χ1v) is 6.25. The summed E-state index contributed by atoms with van der Waals surface area (Å²) in [5.41, 5.74) is 0.569. The Morgan fingerprint density at radius 1 is 1.05 bits per heavy atom. The van der Waals surface area contributed by atoms with Crippen LogP contribution >= 0.6 is 0 Å². The lowest BCUT2D eigenvalue weighted by Gasteiger charge is -2.13. The molecule has 0 bridgehead atoms. The number of carbonyl (C=O) groups is 4. The van der Waals surface area contributed by atoms with Gasteiger partial charge in [-0.2, -0.15) is 0 Å². The molecule has 2 amide bonds. The number of ketones is 2. The maximum atomic E-state index is 12.2. The van der Waals surface area contributed by atoms with E-state index in [-0.39, 0.29) is 17.0 Å². The number of anilines is 1. The minimum atomic E-state index is -0.885. The van der Waals surface area contributed by atoms with Crippen LogP contribution in [0.5, 0.6) is 0 Å². The molecule has 21 heavy (non-hydrogen) atoms. The molecule has 1 fully saturated rings. The van der Waals surface area contributed by atoms with Crippen molar-refractivity contribution >= 4 is 29.1 Å². The number of amides is 2. The predicted octanol–water partition coefficient (Wildman–Crippen LogP) is 0.777. The molecule has 1 saturated heterocycles. The number of hydrogen-bond donors (Lipinski definition) is 0. The Kier molecular flexibility index (Phi) is 3.71. The summed E-state index contributed by atoms with van der Waals surface area (Å²) in [6.07, 6.45) is 1.33. The third-order valence-electron chi connectivity index (χ3n) is 2.99. The summed E-state index contributed by atoms with van der Waals surface area (Å²) >= 11 is 0. The highest BCUT2D eigenvalue weighted by Crippen LogP contribution is 2.24. The van der Waals surface area contributed by atoms with Crippen LogP contribution in [0.25, 0.3) is 0 Å². The van der Waals surface area contributed by atoms with Gasteiger partial charge in [-0.1, -0.05) is 0 Å². The normalized spacial score (nSPS) is 16.8. The fourth-order valence-corrected chi connectivity index (χ4v) is 1.98. The Balaban J connectivity index is 2.40. The van der Waals surface area contributed by atoms with Crippen molar-refractivity contribution in [2.24, 2.45) is 0 Å². The number of nitrogens with zero attached hydrogens (tertiary/aromatic N) is 2. The molecule has 1 aliphatic heterocycles. The summed E-state index contributed by atoms with van der Waals surface area (Å²) in [6, 6.07) is 5.96. The van der Waals surface area contributed by atoms with E-state index in [1.165, 1.54) is 42.3 Å². The largest absolute Gasteiger partial charge is 0.383 e. The topological polar surface area (TPSA) is 74.8 Å². The average molecular weight is 286 g/mol. The molecule has 6 nitrogen and oxygen atoms in total. The van der Waals surface area contributed by atoms with Gasteiger partial charge < -0.3 is 4.90 Å². The molecule has 1 heterocycles. The van der Waals surface area contributed by atoms with Gasteiger partial charge in [0.05, 0.1) is 5.69 Å². The summed E-state index contributed by atoms with van der Waals surface area (Å²) < 4.78 is 0. The molecule has 6 heteroatoms. The summed E-state index contributed by atoms with van der Waals surface area (Å²) in [7, 11) is 3.31. The van der Waals surface area contributed by atoms with Crippen LogP contribution in [0.2, 0.25) is 0 Å². The van der Waals surface area contributed by atoms with Crippen LogP contribution in [0, 0.1) is 0 Å². The predicted molar refractivity (Wildman–Crippen MR) is 75.7 cm³/mol. The zero-order valence-electron chi connectivity index (χ0n) is 11.9. The lowest BCUT2D eigenvalue weighted by atomic mass is 10.1. The molecular weight excluding hydrogens is 272 g/mol. The average Bonchev–Trinajstić information content (AvgIpc) is 2.63. The molecule has 0 atom stereocenters. The van der Waals surface area contributed by atoms with E-state index in [1.54, 1.807) is 14.1 Å². The van der Waals surface area contributed by atoms with Crippen LogP contribution in [-0.2, 0) is 14.4 Å². The van der Waals surface area contributed by atoms with E-state index in [4.69, 9.17) is 0 Å². The van der Waals surface area contributed by atoms with E-state index in [9.17, 15) is 19.2 Å². The highest BCUT2D eigenvalue weighted by molar-refractivity contribution is 6.63. The number of imide groups is 1. The maximum absolute atomic E-state index is 12.2. The first-order chi connectivity index (χ1) is 9.82. The van der Waals surface area contributed by atoms with E-state index >= 15 is 0 Å². The van der Waals surface area contributed by atoms with Gasteiger partial charge in [-0.05, 0) is 31.2 Å². The van der Waals surface area contributed by atoms with Gasteiger partial charge in [0, 0.05) is 25.9 Å². The van der Waals surface area contributed by atoms with Gasteiger partial charge in [-0.3, -0.25) is 19.2 Å². The molecule has 1 aromatic rings. The lowest BCUT2D eigenvalue weighted by Crippen LogP contribution is -2.30. The van der Waals surface area contributed by atoms with Crippen molar-refractivity contribution in [3.63, 3.8) is 0 Å². The van der Waals surface area contributed by atoms with Crippen molar-refractivity contribution in [3.8, 4) is 0 Å². The van der Waals surface area contributed by atoms with E-state index in [1.807, 2.05) is 0 Å². The van der Waals surface area contributed by atoms with Crippen molar-refractivity contribution < 1.29 is 19.2 Å². The Labute approximate surface area is 121 Å². The van der Waals surface area contributed by atoms with E-state index in [2.05, 4.69) is 0 Å². The van der Waals surface area contributed by atoms with Crippen molar-refractivity contribution in [1.82, 2.24) is 4.90 Å². The molecular formula is C15H14N2O4. The first kappa shape index (κ1) is 14.6. The van der Waals surface area contributed by atoms with Gasteiger partial charge in [0.2, 0.25) is 0 Å². The zero-order valence-corrected chi connectivity index (χ0v) is 11.9. The van der Waals surface area contributed by atoms with Crippen LogP contribution in [-0.4, -0.2) is 42.4 Å². The molecule has 2 rings (SSSR count). The van der Waals surface area contributed by atoms with Gasteiger partial charge in [-0.15, -0.1) is 0 Å². The smallest absolute Gasteiger partial charge is 0.306 e. The van der Waals surface area contributed by atoms with Gasteiger partial charge in [0.1, 0.15) is 5.57 Å². The number of benzene rings is 1. The minimum Gasteiger partial charge on any atom is -0.383 e. The zero-order chi connectivity index (χ0) is 15.7. The van der Waals surface area contributed by atoms with Gasteiger partial charge in [0.15, 0.2) is 5.78 Å². The van der Waals surface area contributed by atoms with Gasteiger partial charge in [-0.25, -0.2) is 4.90 Å². The van der Waals surface area contributed by atoms with Crippen LogP contribution in [0.4, 0.5) is 5.69 Å². The number of carbonyl (C=O) groups excluding carboxylic acids is 4. The highest BCUT2D eigenvalue weighted by atomic mass is 16.2. The molecule has 0 aromatic heterocycles. The van der Waals surface area contributed by atoms with E-state index < -0.39 is 17.6 Å². The third-order valence-corrected chi connectivity index (χ3v) is 2.99. The minimum absolute atomic E-state index is 0.120. The second-order valence-electron chi connectivity index (χ2n) is 4.88. The quantitative estimate of drug-likeness (QED) is 0.270. The molecule has 108 valence electrons. The molecule has 0 saturated carbocycles. The standard InChI is InChI=1S/C15H14N2O4/c1-9(18)10-4-6-11(7-5-10)17-14(20)12(8-16(2)3)13(19)15(17)21/h4-8H,1-3H3/b12-8+. The van der Waals surface area contributed by atoms with Crippen molar-refractivity contribution in [3.05, 3.63) is 41.6 Å². The van der Waals surface area contributed by atoms with Crippen molar-refractivity contribution in [2.45, 2.75) is 6.92 Å². The fourth-order valence-electron chi connectivity index (χ4n) is 1.98. The van der Waals surface area contributed by atoms with Crippen LogP contribution in [0.1, 0.15) is 17.3 Å². The Morgan fingerprint density at radius 3 is 2.10 bits per heavy atom. The summed E-state index contributed by atoms with van der Waals surface area (Å²) in [5.74, 6) is -2.49. The molecule has 0 radical (unpaired) electrons. The third kappa shape index (κ3) is 2.60. The molecule has 1 aromatic carbocycles. The molecule has 1 aliphatic rings. The van der Waals surface area contributed by atoms with E-state index in [0.29, 0.717) is 5.56 Å². The summed E-state index contributed by atoms with van der Waals surface area (Å²) in [5, 5.41) is 0. The van der Waals surface area contributed by atoms with Gasteiger partial charge >= 0.3 is 5.91 Å². The number of rotatable bonds is 3. The monoisotopic (exact) mass is 286 g/mol. The van der Waals surface area contributed by atoms with Crippen molar-refractivity contribution in [2.75, 3.05) is 19.0 Å². The van der Waals surface area contributed by atoms with Crippen LogP contribution in [0.3, 0.4) is 0 Å². The second kappa shape index (κ2) is 5.32. The molecule has 0 N–H and O–H groups in total. The Hall–Kier alpha value is -2.76. The summed E-state index contributed by atoms with van der Waals surface area (Å²) in [6.45, 7) is 1.42. The van der Waals surface area contributed by atoms with Crippen LogP contribution in [0.15, 0.2) is 36.0 Å². The fraction of sp³-hybridized carbons (Fsp3) is 0.200. The maximum Gasteiger partial charge on any atom is 0.306 e. The van der Waals surface area contributed by atoms with E-state index in [0.717, 1.165) is 4.90 Å². The second-order valence-corrected chi connectivity index (χ2v) is 4.88. The molecule has 0 unspecified atom stereocenters.